The SMILES string of the molecule is O=C(N[C@@H](Cc1c[nH]c2ccccc12)C(=O)O)C1OC(c2ccccc2Cl)c2cc(Cl)ccc2N(Cc2ccccc2)C1=O. The number of aromatic nitrogens is 1. The number of carbonyl (C=O) groups excluding carboxylic acids is 2. The van der Waals surface area contributed by atoms with Gasteiger partial charge in [-0.2, -0.15) is 0 Å². The molecule has 2 amide bonds. The maximum absolute atomic E-state index is 14.3. The van der Waals surface area contributed by atoms with Gasteiger partial charge in [-0.05, 0) is 41.5 Å². The number of aromatic amines is 1. The summed E-state index contributed by atoms with van der Waals surface area (Å²) < 4.78 is 6.34. The van der Waals surface area contributed by atoms with Crippen LogP contribution in [0, 0.1) is 0 Å². The van der Waals surface area contributed by atoms with Crippen molar-refractivity contribution in [2.24, 2.45) is 0 Å². The number of halogens is 2. The molecule has 0 saturated heterocycles. The number of carboxylic acids is 1. The maximum Gasteiger partial charge on any atom is 0.326 e. The summed E-state index contributed by atoms with van der Waals surface area (Å²) in [6, 6.07) is 27.5. The summed E-state index contributed by atoms with van der Waals surface area (Å²) in [7, 11) is 0. The van der Waals surface area contributed by atoms with Crippen LogP contribution in [0.4, 0.5) is 5.69 Å². The van der Waals surface area contributed by atoms with Crippen LogP contribution in [0.5, 0.6) is 0 Å². The lowest BCUT2D eigenvalue weighted by Gasteiger charge is -2.25. The van der Waals surface area contributed by atoms with Gasteiger partial charge in [-0.15, -0.1) is 0 Å². The van der Waals surface area contributed by atoms with E-state index in [1.165, 1.54) is 4.90 Å². The van der Waals surface area contributed by atoms with Crippen LogP contribution >= 0.6 is 23.2 Å². The molecule has 222 valence electrons. The molecule has 5 aromatic rings. The maximum atomic E-state index is 14.3. The normalized spacial score (nSPS) is 17.1. The summed E-state index contributed by atoms with van der Waals surface area (Å²) in [5.41, 5.74) is 3.94. The van der Waals surface area contributed by atoms with E-state index in [0.29, 0.717) is 32.4 Å². The number of H-pyrrole nitrogens is 1. The summed E-state index contributed by atoms with van der Waals surface area (Å²) in [5.74, 6) is -2.78. The van der Waals surface area contributed by atoms with Crippen molar-refractivity contribution in [3.8, 4) is 0 Å². The molecule has 0 saturated carbocycles. The lowest BCUT2D eigenvalue weighted by atomic mass is 9.99. The second-order valence-electron chi connectivity index (χ2n) is 10.5. The van der Waals surface area contributed by atoms with E-state index < -0.39 is 36.0 Å². The average Bonchev–Trinajstić information content (AvgIpc) is 3.39. The van der Waals surface area contributed by atoms with Crippen molar-refractivity contribution >= 4 is 57.6 Å². The topological polar surface area (TPSA) is 112 Å². The zero-order valence-corrected chi connectivity index (χ0v) is 24.8. The lowest BCUT2D eigenvalue weighted by Crippen LogP contribution is -2.52. The molecule has 4 aromatic carbocycles. The predicted molar refractivity (Wildman–Crippen MR) is 169 cm³/mol. The third-order valence-electron chi connectivity index (χ3n) is 7.65. The summed E-state index contributed by atoms with van der Waals surface area (Å²) in [6.07, 6.45) is -0.954. The minimum Gasteiger partial charge on any atom is -0.480 e. The molecular weight excluding hydrogens is 601 g/mol. The van der Waals surface area contributed by atoms with E-state index in [2.05, 4.69) is 10.3 Å². The highest BCUT2D eigenvalue weighted by molar-refractivity contribution is 6.31. The molecule has 2 heterocycles. The van der Waals surface area contributed by atoms with Crippen LogP contribution < -0.4 is 10.2 Å². The van der Waals surface area contributed by atoms with Gasteiger partial charge in [-0.25, -0.2) is 4.79 Å². The van der Waals surface area contributed by atoms with Gasteiger partial charge < -0.3 is 25.0 Å². The second kappa shape index (κ2) is 12.5. The number of benzene rings is 4. The van der Waals surface area contributed by atoms with Crippen LogP contribution in [-0.4, -0.2) is 40.0 Å². The van der Waals surface area contributed by atoms with Crippen molar-refractivity contribution < 1.29 is 24.2 Å². The van der Waals surface area contributed by atoms with Crippen molar-refractivity contribution in [2.75, 3.05) is 4.90 Å². The summed E-state index contributed by atoms with van der Waals surface area (Å²) in [5, 5.41) is 14.3. The van der Waals surface area contributed by atoms with Crippen LogP contribution in [0.1, 0.15) is 28.4 Å². The molecule has 0 spiro atoms. The first kappa shape index (κ1) is 29.4. The number of carbonyl (C=O) groups is 3. The van der Waals surface area contributed by atoms with E-state index in [0.717, 1.165) is 16.5 Å². The number of amides is 2. The minimum atomic E-state index is -1.70. The van der Waals surface area contributed by atoms with Crippen LogP contribution in [0.15, 0.2) is 103 Å². The second-order valence-corrected chi connectivity index (χ2v) is 11.3. The number of carboxylic acid groups (broad SMARTS) is 1. The van der Waals surface area contributed by atoms with Crippen molar-refractivity contribution in [2.45, 2.75) is 31.2 Å². The Balaban J connectivity index is 1.39. The van der Waals surface area contributed by atoms with Gasteiger partial charge >= 0.3 is 5.97 Å². The number of anilines is 1. The number of nitrogens with one attached hydrogen (secondary N) is 2. The number of hydrogen-bond acceptors (Lipinski definition) is 4. The molecule has 1 aromatic heterocycles. The van der Waals surface area contributed by atoms with E-state index in [9.17, 15) is 19.5 Å². The van der Waals surface area contributed by atoms with Crippen molar-refractivity contribution in [3.05, 3.63) is 136 Å². The molecule has 6 rings (SSSR count). The highest BCUT2D eigenvalue weighted by Gasteiger charge is 2.42. The molecule has 0 aliphatic carbocycles. The largest absolute Gasteiger partial charge is 0.480 e. The van der Waals surface area contributed by atoms with Crippen LogP contribution in [-0.2, 0) is 32.1 Å². The number of ether oxygens (including phenoxy) is 1. The van der Waals surface area contributed by atoms with E-state index in [1.807, 2.05) is 54.6 Å². The van der Waals surface area contributed by atoms with Gasteiger partial charge in [-0.3, -0.25) is 9.59 Å². The number of rotatable bonds is 8. The first-order valence-electron chi connectivity index (χ1n) is 13.9. The number of nitrogens with zero attached hydrogens (tertiary/aromatic N) is 1. The van der Waals surface area contributed by atoms with Gasteiger partial charge in [0, 0.05) is 44.7 Å². The first-order chi connectivity index (χ1) is 21.3. The highest BCUT2D eigenvalue weighted by Crippen LogP contribution is 2.42. The molecule has 0 bridgehead atoms. The molecule has 0 radical (unpaired) electrons. The van der Waals surface area contributed by atoms with Crippen molar-refractivity contribution in [3.63, 3.8) is 0 Å². The Hall–Kier alpha value is -4.63. The van der Waals surface area contributed by atoms with E-state index in [1.54, 1.807) is 48.7 Å². The van der Waals surface area contributed by atoms with Gasteiger partial charge in [0.05, 0.1) is 12.2 Å². The Labute approximate surface area is 263 Å². The number of fused-ring (bicyclic) bond motifs is 2. The number of aliphatic carboxylic acids is 1. The Morgan fingerprint density at radius 1 is 0.932 bits per heavy atom. The van der Waals surface area contributed by atoms with Crippen molar-refractivity contribution in [1.82, 2.24) is 10.3 Å². The average molecular weight is 629 g/mol. The summed E-state index contributed by atoms with van der Waals surface area (Å²) in [6.45, 7) is 0.133. The molecule has 1 aliphatic rings. The Morgan fingerprint density at radius 3 is 2.43 bits per heavy atom. The first-order valence-corrected chi connectivity index (χ1v) is 14.7. The van der Waals surface area contributed by atoms with E-state index in [-0.39, 0.29) is 13.0 Å². The van der Waals surface area contributed by atoms with Gasteiger partial charge in [0.2, 0.25) is 6.10 Å². The lowest BCUT2D eigenvalue weighted by molar-refractivity contribution is -0.150. The Kier molecular flexibility index (Phi) is 8.39. The molecular formula is C34H27Cl2N3O5. The Bertz CT molecular complexity index is 1860. The molecule has 1 aliphatic heterocycles. The zero-order chi connectivity index (χ0) is 30.8. The summed E-state index contributed by atoms with van der Waals surface area (Å²) >= 11 is 13.0. The van der Waals surface area contributed by atoms with E-state index in [4.69, 9.17) is 27.9 Å². The quantitative estimate of drug-likeness (QED) is 0.175. The smallest absolute Gasteiger partial charge is 0.326 e. The summed E-state index contributed by atoms with van der Waals surface area (Å²) in [4.78, 5) is 45.2. The molecule has 8 nitrogen and oxygen atoms in total. The fourth-order valence-corrected chi connectivity index (χ4v) is 5.92. The highest BCUT2D eigenvalue weighted by atomic mass is 35.5. The van der Waals surface area contributed by atoms with Gasteiger partial charge in [-0.1, -0.05) is 89.9 Å². The predicted octanol–water partition coefficient (Wildman–Crippen LogP) is 6.31. The fraction of sp³-hybridized carbons (Fsp3) is 0.147. The number of hydrogen-bond donors (Lipinski definition) is 3. The molecule has 44 heavy (non-hydrogen) atoms. The minimum absolute atomic E-state index is 0.0104. The van der Waals surface area contributed by atoms with Crippen LogP contribution in [0.25, 0.3) is 10.9 Å². The third-order valence-corrected chi connectivity index (χ3v) is 8.23. The molecule has 2 unspecified atom stereocenters. The van der Waals surface area contributed by atoms with Gasteiger partial charge in [0.25, 0.3) is 11.8 Å². The van der Waals surface area contributed by atoms with Crippen LogP contribution in [0.3, 0.4) is 0 Å². The third kappa shape index (κ3) is 5.92. The molecule has 3 atom stereocenters. The number of para-hydroxylation sites is 1. The van der Waals surface area contributed by atoms with E-state index >= 15 is 0 Å². The van der Waals surface area contributed by atoms with Crippen LogP contribution in [0.2, 0.25) is 10.0 Å². The fourth-order valence-electron chi connectivity index (χ4n) is 5.51. The van der Waals surface area contributed by atoms with Gasteiger partial charge in [0.1, 0.15) is 12.1 Å². The molecule has 10 heteroatoms. The molecule has 0 fully saturated rings. The van der Waals surface area contributed by atoms with Gasteiger partial charge in [0.15, 0.2) is 0 Å². The molecule has 3 N–H and O–H groups in total. The Morgan fingerprint density at radius 2 is 1.66 bits per heavy atom. The standard InChI is InChI=1S/C34H27Cl2N3O5/c35-22-14-15-29-25(17-22)30(24-11-4-6-12-26(24)36)44-31(33(41)39(29)19-20-8-2-1-3-9-20)32(40)38-28(34(42)43)16-21-18-37-27-13-7-5-10-23(21)27/h1-15,17-18,28,30-31,37H,16,19H2,(H,38,40)(H,42,43)/t28-,30?,31?/m0/s1. The monoisotopic (exact) mass is 627 g/mol. The zero-order valence-electron chi connectivity index (χ0n) is 23.2. The van der Waals surface area contributed by atoms with Crippen molar-refractivity contribution in [1.29, 1.82) is 0 Å².